The highest BCUT2D eigenvalue weighted by Crippen LogP contribution is 2.30. The number of carbonyl (C=O) groups excluding carboxylic acids is 1. The fraction of sp³-hybridized carbons (Fsp3) is 0.375. The number of carboxylic acid groups (broad SMARTS) is 1. The van der Waals surface area contributed by atoms with Crippen molar-refractivity contribution in [3.05, 3.63) is 29.5 Å². The number of fused-ring (bicyclic) bond motifs is 1. The predicted molar refractivity (Wildman–Crippen MR) is 80.8 cm³/mol. The molecule has 2 aromatic rings. The number of hydrogen-bond donors (Lipinski definition) is 1. The van der Waals surface area contributed by atoms with E-state index in [1.54, 1.807) is 25.1 Å². The summed E-state index contributed by atoms with van der Waals surface area (Å²) in [5, 5.41) is 9.41. The van der Waals surface area contributed by atoms with Crippen molar-refractivity contribution < 1.29 is 33.3 Å². The number of rotatable bonds is 7. The molecule has 2 rings (SSSR count). The van der Waals surface area contributed by atoms with Crippen LogP contribution < -0.4 is 4.74 Å². The van der Waals surface area contributed by atoms with Crippen molar-refractivity contribution in [2.24, 2.45) is 0 Å². The Morgan fingerprint density at radius 1 is 1.30 bits per heavy atom. The number of hydrogen-bond acceptors (Lipinski definition) is 6. The summed E-state index contributed by atoms with van der Waals surface area (Å²) < 4.78 is 20.8. The number of aryl methyl sites for hydroxylation is 1. The Balaban J connectivity index is 2.31. The van der Waals surface area contributed by atoms with E-state index < -0.39 is 18.0 Å². The molecule has 0 aliphatic rings. The topological polar surface area (TPSA) is 95.2 Å². The number of aliphatic carboxylic acids is 1. The third-order valence-corrected chi connectivity index (χ3v) is 3.22. The Bertz CT molecular complexity index is 717. The first-order chi connectivity index (χ1) is 10.9. The van der Waals surface area contributed by atoms with Crippen LogP contribution in [0.3, 0.4) is 0 Å². The Hall–Kier alpha value is -2.54. The summed E-state index contributed by atoms with van der Waals surface area (Å²) in [5.41, 5.74) is 0.793. The van der Waals surface area contributed by atoms with Gasteiger partial charge in [-0.05, 0) is 32.0 Å². The number of methoxy groups -OCH3 is 1. The van der Waals surface area contributed by atoms with E-state index in [1.165, 1.54) is 14.0 Å². The van der Waals surface area contributed by atoms with E-state index in [-0.39, 0.29) is 6.61 Å². The third-order valence-electron chi connectivity index (χ3n) is 3.22. The number of benzene rings is 1. The van der Waals surface area contributed by atoms with Crippen molar-refractivity contribution in [2.75, 3.05) is 20.3 Å². The number of carbonyl (C=O) groups is 2. The van der Waals surface area contributed by atoms with Gasteiger partial charge in [0, 0.05) is 12.5 Å². The molecular formula is C16H18O7. The number of carboxylic acids is 1. The average Bonchev–Trinajstić information content (AvgIpc) is 2.82. The van der Waals surface area contributed by atoms with Gasteiger partial charge in [0.25, 0.3) is 0 Å². The maximum Gasteiger partial charge on any atom is 0.344 e. The van der Waals surface area contributed by atoms with E-state index in [2.05, 4.69) is 0 Å². The fourth-order valence-electron chi connectivity index (χ4n) is 2.07. The maximum atomic E-state index is 12.2. The minimum Gasteiger partial charge on any atom is -0.479 e. The molecule has 0 saturated heterocycles. The summed E-state index contributed by atoms with van der Waals surface area (Å²) in [5.74, 6) is -0.848. The number of furan rings is 1. The molecular weight excluding hydrogens is 304 g/mol. The van der Waals surface area contributed by atoms with Crippen LogP contribution in [0.4, 0.5) is 0 Å². The van der Waals surface area contributed by atoms with Crippen LogP contribution in [0.2, 0.25) is 0 Å². The third kappa shape index (κ3) is 3.81. The summed E-state index contributed by atoms with van der Waals surface area (Å²) in [6, 6.07) is 4.78. The molecule has 124 valence electrons. The monoisotopic (exact) mass is 322 g/mol. The van der Waals surface area contributed by atoms with Gasteiger partial charge in [0.2, 0.25) is 0 Å². The van der Waals surface area contributed by atoms with Gasteiger partial charge in [0.15, 0.2) is 6.10 Å². The van der Waals surface area contributed by atoms with Gasteiger partial charge in [0.05, 0.1) is 6.61 Å². The zero-order chi connectivity index (χ0) is 17.0. The quantitative estimate of drug-likeness (QED) is 0.617. The summed E-state index contributed by atoms with van der Waals surface area (Å²) >= 11 is 0. The minimum atomic E-state index is -1.08. The smallest absolute Gasteiger partial charge is 0.344 e. The van der Waals surface area contributed by atoms with E-state index >= 15 is 0 Å². The zero-order valence-corrected chi connectivity index (χ0v) is 13.1. The van der Waals surface area contributed by atoms with E-state index in [4.69, 9.17) is 23.7 Å². The molecule has 1 atom stereocenters. The second-order valence-corrected chi connectivity index (χ2v) is 4.92. The molecule has 0 radical (unpaired) electrons. The molecule has 0 saturated carbocycles. The standard InChI is InChI=1S/C16H18O7/c1-9-14(16(19)21-7-6-20-3)12-8-11(4-5-13(12)23-9)22-10(2)15(17)18/h4-5,8,10H,6-7H2,1-3H3,(H,17,18)/t10-/m1/s1. The maximum absolute atomic E-state index is 12.2. The molecule has 1 N–H and O–H groups in total. The van der Waals surface area contributed by atoms with Gasteiger partial charge in [-0.25, -0.2) is 9.59 Å². The molecule has 0 aliphatic carbocycles. The molecule has 1 aromatic carbocycles. The number of esters is 1. The molecule has 0 unspecified atom stereocenters. The van der Waals surface area contributed by atoms with Crippen LogP contribution in [0.1, 0.15) is 23.0 Å². The van der Waals surface area contributed by atoms with Crippen molar-refractivity contribution in [1.82, 2.24) is 0 Å². The van der Waals surface area contributed by atoms with Crippen LogP contribution in [-0.4, -0.2) is 43.5 Å². The first-order valence-electron chi connectivity index (χ1n) is 7.02. The largest absolute Gasteiger partial charge is 0.479 e. The second-order valence-electron chi connectivity index (χ2n) is 4.92. The number of ether oxygens (including phenoxy) is 3. The molecule has 23 heavy (non-hydrogen) atoms. The Morgan fingerprint density at radius 2 is 2.04 bits per heavy atom. The van der Waals surface area contributed by atoms with Gasteiger partial charge in [-0.3, -0.25) is 0 Å². The van der Waals surface area contributed by atoms with Crippen molar-refractivity contribution in [3.8, 4) is 5.75 Å². The molecule has 0 aliphatic heterocycles. The van der Waals surface area contributed by atoms with Gasteiger partial charge in [-0.15, -0.1) is 0 Å². The molecule has 0 bridgehead atoms. The molecule has 7 nitrogen and oxygen atoms in total. The Labute approximate surface area is 132 Å². The van der Waals surface area contributed by atoms with Crippen LogP contribution in [0.15, 0.2) is 22.6 Å². The summed E-state index contributed by atoms with van der Waals surface area (Å²) in [6.07, 6.45) is -1.00. The second kappa shape index (κ2) is 7.15. The van der Waals surface area contributed by atoms with Gasteiger partial charge >= 0.3 is 11.9 Å². The normalized spacial score (nSPS) is 12.1. The van der Waals surface area contributed by atoms with Gasteiger partial charge < -0.3 is 23.7 Å². The molecule has 0 amide bonds. The fourth-order valence-corrected chi connectivity index (χ4v) is 2.07. The van der Waals surface area contributed by atoms with Crippen LogP contribution in [-0.2, 0) is 14.3 Å². The van der Waals surface area contributed by atoms with Crippen molar-refractivity contribution in [3.63, 3.8) is 0 Å². The lowest BCUT2D eigenvalue weighted by Gasteiger charge is -2.10. The summed E-state index contributed by atoms with van der Waals surface area (Å²) in [7, 11) is 1.51. The average molecular weight is 322 g/mol. The van der Waals surface area contributed by atoms with Crippen molar-refractivity contribution in [1.29, 1.82) is 0 Å². The van der Waals surface area contributed by atoms with Crippen LogP contribution in [0.25, 0.3) is 11.0 Å². The van der Waals surface area contributed by atoms with E-state index in [0.29, 0.717) is 34.6 Å². The van der Waals surface area contributed by atoms with Crippen LogP contribution >= 0.6 is 0 Å². The van der Waals surface area contributed by atoms with Gasteiger partial charge in [-0.1, -0.05) is 0 Å². The Kier molecular flexibility index (Phi) is 5.23. The van der Waals surface area contributed by atoms with E-state index in [1.807, 2.05) is 0 Å². The van der Waals surface area contributed by atoms with Crippen molar-refractivity contribution >= 4 is 22.9 Å². The summed E-state index contributed by atoms with van der Waals surface area (Å²) in [4.78, 5) is 23.0. The molecule has 1 heterocycles. The lowest BCUT2D eigenvalue weighted by atomic mass is 10.1. The molecule has 7 heteroatoms. The highest BCUT2D eigenvalue weighted by Gasteiger charge is 2.21. The van der Waals surface area contributed by atoms with Gasteiger partial charge in [-0.2, -0.15) is 0 Å². The molecule has 1 aromatic heterocycles. The highest BCUT2D eigenvalue weighted by atomic mass is 16.6. The van der Waals surface area contributed by atoms with Gasteiger partial charge in [0.1, 0.15) is 29.3 Å². The highest BCUT2D eigenvalue weighted by molar-refractivity contribution is 6.04. The zero-order valence-electron chi connectivity index (χ0n) is 13.1. The van der Waals surface area contributed by atoms with Crippen LogP contribution in [0, 0.1) is 6.92 Å². The Morgan fingerprint density at radius 3 is 2.70 bits per heavy atom. The van der Waals surface area contributed by atoms with Crippen LogP contribution in [0.5, 0.6) is 5.75 Å². The first kappa shape index (κ1) is 16.8. The first-order valence-corrected chi connectivity index (χ1v) is 7.02. The van der Waals surface area contributed by atoms with E-state index in [0.717, 1.165) is 0 Å². The SMILES string of the molecule is COCCOC(=O)c1c(C)oc2ccc(O[C@H](C)C(=O)O)cc12. The minimum absolute atomic E-state index is 0.133. The molecule has 0 fully saturated rings. The predicted octanol–water partition coefficient (Wildman–Crippen LogP) is 2.40. The van der Waals surface area contributed by atoms with Crippen molar-refractivity contribution in [2.45, 2.75) is 20.0 Å². The lowest BCUT2D eigenvalue weighted by molar-refractivity contribution is -0.144. The lowest BCUT2D eigenvalue weighted by Crippen LogP contribution is -2.22. The summed E-state index contributed by atoms with van der Waals surface area (Å²) in [6.45, 7) is 3.51. The van der Waals surface area contributed by atoms with E-state index in [9.17, 15) is 9.59 Å². The molecule has 0 spiro atoms.